The van der Waals surface area contributed by atoms with E-state index in [1.807, 2.05) is 60.7 Å². The summed E-state index contributed by atoms with van der Waals surface area (Å²) in [5.41, 5.74) is 5.39. The molecule has 35 heavy (non-hydrogen) atoms. The van der Waals surface area contributed by atoms with Gasteiger partial charge in [-0.1, -0.05) is 48.5 Å². The molecule has 0 spiro atoms. The molecule has 0 bridgehead atoms. The lowest BCUT2D eigenvalue weighted by Gasteiger charge is -2.17. The summed E-state index contributed by atoms with van der Waals surface area (Å²) in [6, 6.07) is 18.4. The lowest BCUT2D eigenvalue weighted by molar-refractivity contribution is -0.139. The van der Waals surface area contributed by atoms with Crippen LogP contribution < -0.4 is 10.6 Å². The molecule has 0 aliphatic heterocycles. The van der Waals surface area contributed by atoms with Crippen LogP contribution in [0.5, 0.6) is 0 Å². The number of pyridine rings is 1. The molecule has 2 aromatic carbocycles. The predicted octanol–water partition coefficient (Wildman–Crippen LogP) is 3.51. The van der Waals surface area contributed by atoms with Crippen LogP contribution in [0.4, 0.5) is 4.79 Å². The Kier molecular flexibility index (Phi) is 7.72. The molecule has 0 radical (unpaired) electrons. The van der Waals surface area contributed by atoms with Crippen molar-refractivity contribution < 1.29 is 24.2 Å². The highest BCUT2D eigenvalue weighted by Crippen LogP contribution is 2.44. The molecule has 0 saturated heterocycles. The van der Waals surface area contributed by atoms with E-state index < -0.39 is 18.1 Å². The minimum Gasteiger partial charge on any atom is -0.480 e. The van der Waals surface area contributed by atoms with E-state index in [-0.39, 0.29) is 31.3 Å². The number of amides is 2. The molecule has 3 aromatic rings. The van der Waals surface area contributed by atoms with Crippen molar-refractivity contribution in [2.75, 3.05) is 13.2 Å². The van der Waals surface area contributed by atoms with Crippen LogP contribution in [-0.4, -0.2) is 47.3 Å². The SMILES string of the molecule is O=C(CC[C@H](NC(=O)OCC1c2ccccc2-c2ccccc21)C(=O)O)NCCc1ccncc1. The van der Waals surface area contributed by atoms with Gasteiger partial charge in [0, 0.05) is 31.3 Å². The van der Waals surface area contributed by atoms with Crippen LogP contribution in [0.3, 0.4) is 0 Å². The average Bonchev–Trinajstić information content (AvgIpc) is 3.19. The van der Waals surface area contributed by atoms with Crippen LogP contribution in [0.25, 0.3) is 11.1 Å². The van der Waals surface area contributed by atoms with Crippen molar-refractivity contribution in [1.29, 1.82) is 0 Å². The number of benzene rings is 2. The number of rotatable bonds is 10. The van der Waals surface area contributed by atoms with Crippen molar-refractivity contribution >= 4 is 18.0 Å². The van der Waals surface area contributed by atoms with Crippen molar-refractivity contribution in [3.8, 4) is 11.1 Å². The highest BCUT2D eigenvalue weighted by atomic mass is 16.5. The van der Waals surface area contributed by atoms with Crippen molar-refractivity contribution in [1.82, 2.24) is 15.6 Å². The Hall–Kier alpha value is -4.20. The zero-order valence-corrected chi connectivity index (χ0v) is 19.1. The molecule has 3 N–H and O–H groups in total. The Morgan fingerprint density at radius 2 is 1.57 bits per heavy atom. The number of hydrogen-bond donors (Lipinski definition) is 3. The topological polar surface area (TPSA) is 118 Å². The molecule has 4 rings (SSSR count). The van der Waals surface area contributed by atoms with E-state index in [0.29, 0.717) is 13.0 Å². The molecule has 2 amide bonds. The zero-order chi connectivity index (χ0) is 24.6. The summed E-state index contributed by atoms with van der Waals surface area (Å²) in [4.78, 5) is 40.1. The number of carbonyl (C=O) groups excluding carboxylic acids is 2. The highest BCUT2D eigenvalue weighted by Gasteiger charge is 2.29. The molecule has 180 valence electrons. The van der Waals surface area contributed by atoms with Crippen LogP contribution in [0.1, 0.15) is 35.4 Å². The van der Waals surface area contributed by atoms with Gasteiger partial charge in [0.05, 0.1) is 0 Å². The highest BCUT2D eigenvalue weighted by molar-refractivity contribution is 5.82. The Morgan fingerprint density at radius 3 is 2.20 bits per heavy atom. The Balaban J connectivity index is 1.25. The molecule has 8 nitrogen and oxygen atoms in total. The van der Waals surface area contributed by atoms with Gasteiger partial charge in [-0.3, -0.25) is 9.78 Å². The van der Waals surface area contributed by atoms with Gasteiger partial charge < -0.3 is 20.5 Å². The number of nitrogens with one attached hydrogen (secondary N) is 2. The van der Waals surface area contributed by atoms with Crippen molar-refractivity contribution in [2.45, 2.75) is 31.2 Å². The second kappa shape index (κ2) is 11.3. The van der Waals surface area contributed by atoms with Crippen molar-refractivity contribution in [3.05, 3.63) is 89.7 Å². The fourth-order valence-electron chi connectivity index (χ4n) is 4.30. The second-order valence-corrected chi connectivity index (χ2v) is 8.35. The molecule has 8 heteroatoms. The Bertz CT molecular complexity index is 1150. The van der Waals surface area contributed by atoms with Gasteiger partial charge in [0.2, 0.25) is 5.91 Å². The number of fused-ring (bicyclic) bond motifs is 3. The number of carboxylic acids is 1. The molecular formula is C27H27N3O5. The van der Waals surface area contributed by atoms with Crippen LogP contribution in [0, 0.1) is 0 Å². The quantitative estimate of drug-likeness (QED) is 0.415. The number of aromatic nitrogens is 1. The molecule has 0 fully saturated rings. The van der Waals surface area contributed by atoms with E-state index in [1.165, 1.54) is 0 Å². The number of carbonyl (C=O) groups is 3. The van der Waals surface area contributed by atoms with Gasteiger partial charge in [0.15, 0.2) is 0 Å². The van der Waals surface area contributed by atoms with Gasteiger partial charge >= 0.3 is 12.1 Å². The zero-order valence-electron chi connectivity index (χ0n) is 19.1. The lowest BCUT2D eigenvalue weighted by atomic mass is 9.98. The maximum absolute atomic E-state index is 12.4. The molecule has 1 aliphatic carbocycles. The average molecular weight is 474 g/mol. The largest absolute Gasteiger partial charge is 0.480 e. The molecule has 1 heterocycles. The summed E-state index contributed by atoms with van der Waals surface area (Å²) in [5, 5.41) is 14.6. The standard InChI is InChI=1S/C27H27N3O5/c31-25(29-16-13-18-11-14-28-15-12-18)10-9-24(26(32)33)30-27(34)35-17-23-21-7-3-1-5-19(21)20-6-2-4-8-22(20)23/h1-8,11-12,14-15,23-24H,9-10,13,16-17H2,(H,29,31)(H,30,34)(H,32,33)/t24-/m0/s1. The van der Waals surface area contributed by atoms with E-state index >= 15 is 0 Å². The minimum absolute atomic E-state index is 0.0308. The summed E-state index contributed by atoms with van der Waals surface area (Å²) >= 11 is 0. The van der Waals surface area contributed by atoms with Gasteiger partial charge in [-0.05, 0) is 52.8 Å². The Labute approximate surface area is 203 Å². The molecule has 1 aromatic heterocycles. The number of hydrogen-bond acceptors (Lipinski definition) is 5. The van der Waals surface area contributed by atoms with Gasteiger partial charge in [0.1, 0.15) is 12.6 Å². The molecule has 0 unspecified atom stereocenters. The predicted molar refractivity (Wildman–Crippen MR) is 130 cm³/mol. The van der Waals surface area contributed by atoms with Crippen LogP contribution in [-0.2, 0) is 20.7 Å². The van der Waals surface area contributed by atoms with E-state index in [1.54, 1.807) is 12.4 Å². The van der Waals surface area contributed by atoms with Gasteiger partial charge in [-0.2, -0.15) is 0 Å². The first-order chi connectivity index (χ1) is 17.0. The minimum atomic E-state index is -1.23. The third-order valence-electron chi connectivity index (χ3n) is 6.08. The Morgan fingerprint density at radius 1 is 0.943 bits per heavy atom. The normalized spacial score (nSPS) is 12.8. The number of aliphatic carboxylic acids is 1. The van der Waals surface area contributed by atoms with E-state index in [0.717, 1.165) is 27.8 Å². The second-order valence-electron chi connectivity index (χ2n) is 8.35. The third-order valence-corrected chi connectivity index (χ3v) is 6.08. The van der Waals surface area contributed by atoms with E-state index in [4.69, 9.17) is 4.74 Å². The summed E-state index contributed by atoms with van der Waals surface area (Å²) in [7, 11) is 0. The van der Waals surface area contributed by atoms with Crippen molar-refractivity contribution in [2.24, 2.45) is 0 Å². The lowest BCUT2D eigenvalue weighted by Crippen LogP contribution is -2.42. The molecule has 0 saturated carbocycles. The number of carboxylic acid groups (broad SMARTS) is 1. The smallest absolute Gasteiger partial charge is 0.407 e. The van der Waals surface area contributed by atoms with Crippen LogP contribution >= 0.6 is 0 Å². The van der Waals surface area contributed by atoms with Gasteiger partial charge in [-0.25, -0.2) is 9.59 Å². The summed E-state index contributed by atoms with van der Waals surface area (Å²) in [5.74, 6) is -1.62. The molecular weight excluding hydrogens is 446 g/mol. The third kappa shape index (κ3) is 6.03. The first-order valence-electron chi connectivity index (χ1n) is 11.5. The number of alkyl carbamates (subject to hydrolysis) is 1. The summed E-state index contributed by atoms with van der Waals surface area (Å²) in [6.45, 7) is 0.516. The first-order valence-corrected chi connectivity index (χ1v) is 11.5. The van der Waals surface area contributed by atoms with Crippen LogP contribution in [0.15, 0.2) is 73.1 Å². The summed E-state index contributed by atoms with van der Waals surface area (Å²) < 4.78 is 5.42. The molecule has 1 aliphatic rings. The van der Waals surface area contributed by atoms with Crippen LogP contribution in [0.2, 0.25) is 0 Å². The fraction of sp³-hybridized carbons (Fsp3) is 0.259. The number of nitrogens with zero attached hydrogens (tertiary/aromatic N) is 1. The maximum atomic E-state index is 12.4. The molecule has 1 atom stereocenters. The van der Waals surface area contributed by atoms with Crippen molar-refractivity contribution in [3.63, 3.8) is 0 Å². The van der Waals surface area contributed by atoms with Gasteiger partial charge in [0.25, 0.3) is 0 Å². The number of ether oxygens (including phenoxy) is 1. The fourth-order valence-corrected chi connectivity index (χ4v) is 4.30. The summed E-state index contributed by atoms with van der Waals surface area (Å²) in [6.07, 6.45) is 3.12. The maximum Gasteiger partial charge on any atom is 0.407 e. The monoisotopic (exact) mass is 473 g/mol. The van der Waals surface area contributed by atoms with E-state index in [9.17, 15) is 19.5 Å². The van der Waals surface area contributed by atoms with Gasteiger partial charge in [-0.15, -0.1) is 0 Å². The van der Waals surface area contributed by atoms with E-state index in [2.05, 4.69) is 15.6 Å². The first kappa shape index (κ1) is 23.9.